The number of carbonyl (C=O) groups is 1. The van der Waals surface area contributed by atoms with Gasteiger partial charge in [-0.2, -0.15) is 0 Å². The van der Waals surface area contributed by atoms with Crippen molar-refractivity contribution in [3.63, 3.8) is 0 Å². The molecule has 12 heteroatoms. The molecule has 1 aromatic carbocycles. The molecule has 30 heavy (non-hydrogen) atoms. The van der Waals surface area contributed by atoms with Gasteiger partial charge in [-0.15, -0.1) is 0 Å². The van der Waals surface area contributed by atoms with Crippen molar-refractivity contribution >= 4 is 23.2 Å². The molecule has 3 aromatic rings. The summed E-state index contributed by atoms with van der Waals surface area (Å²) in [6, 6.07) is 6.40. The molecule has 12 nitrogen and oxygen atoms in total. The number of rotatable bonds is 10. The van der Waals surface area contributed by atoms with Crippen molar-refractivity contribution in [1.82, 2.24) is 24.9 Å². The molecule has 0 unspecified atom stereocenters. The van der Waals surface area contributed by atoms with E-state index in [2.05, 4.69) is 31.1 Å². The van der Waals surface area contributed by atoms with Gasteiger partial charge in [0.05, 0.1) is 18.4 Å². The van der Waals surface area contributed by atoms with Gasteiger partial charge < -0.3 is 14.6 Å². The third kappa shape index (κ3) is 5.19. The van der Waals surface area contributed by atoms with Crippen LogP contribution in [0.15, 0.2) is 49.3 Å². The number of nitro groups is 1. The van der Waals surface area contributed by atoms with Crippen LogP contribution in [0.1, 0.15) is 16.8 Å². The van der Waals surface area contributed by atoms with Gasteiger partial charge in [0.25, 0.3) is 5.91 Å². The SMILES string of the molecule is COc1ccc(C(=O)NNc2ncnc(NCCCn3ccnc3)c2[N+](=O)[O-])cc1. The van der Waals surface area contributed by atoms with E-state index >= 15 is 0 Å². The Kier molecular flexibility index (Phi) is 6.71. The van der Waals surface area contributed by atoms with Crippen LogP contribution in [0.25, 0.3) is 0 Å². The van der Waals surface area contributed by atoms with Gasteiger partial charge in [0.2, 0.25) is 11.6 Å². The van der Waals surface area contributed by atoms with Gasteiger partial charge in [-0.05, 0) is 30.7 Å². The van der Waals surface area contributed by atoms with Gasteiger partial charge in [-0.25, -0.2) is 15.0 Å². The maximum atomic E-state index is 12.3. The molecule has 0 fully saturated rings. The third-order valence-corrected chi connectivity index (χ3v) is 4.10. The van der Waals surface area contributed by atoms with Crippen LogP contribution in [0.5, 0.6) is 5.75 Å². The zero-order valence-electron chi connectivity index (χ0n) is 16.1. The van der Waals surface area contributed by atoms with E-state index in [-0.39, 0.29) is 17.3 Å². The number of nitrogens with zero attached hydrogens (tertiary/aromatic N) is 5. The van der Waals surface area contributed by atoms with Crippen molar-refractivity contribution < 1.29 is 14.5 Å². The van der Waals surface area contributed by atoms with E-state index in [9.17, 15) is 14.9 Å². The van der Waals surface area contributed by atoms with Crippen molar-refractivity contribution in [2.75, 3.05) is 24.4 Å². The van der Waals surface area contributed by atoms with Crippen molar-refractivity contribution in [2.24, 2.45) is 0 Å². The topological polar surface area (TPSA) is 149 Å². The first-order chi connectivity index (χ1) is 14.6. The van der Waals surface area contributed by atoms with Crippen molar-refractivity contribution in [1.29, 1.82) is 0 Å². The molecule has 0 aliphatic carbocycles. The molecule has 0 atom stereocenters. The van der Waals surface area contributed by atoms with E-state index in [1.165, 1.54) is 13.4 Å². The van der Waals surface area contributed by atoms with E-state index in [4.69, 9.17) is 4.74 Å². The van der Waals surface area contributed by atoms with Crippen molar-refractivity contribution in [3.8, 4) is 5.75 Å². The first-order valence-corrected chi connectivity index (χ1v) is 8.98. The van der Waals surface area contributed by atoms with Gasteiger partial charge in [0, 0.05) is 31.0 Å². The van der Waals surface area contributed by atoms with Crippen LogP contribution in [0.3, 0.4) is 0 Å². The lowest BCUT2D eigenvalue weighted by molar-refractivity contribution is -0.383. The van der Waals surface area contributed by atoms with Gasteiger partial charge in [-0.1, -0.05) is 0 Å². The molecule has 0 radical (unpaired) electrons. The summed E-state index contributed by atoms with van der Waals surface area (Å²) in [6.45, 7) is 1.16. The lowest BCUT2D eigenvalue weighted by atomic mass is 10.2. The smallest absolute Gasteiger partial charge is 0.354 e. The van der Waals surface area contributed by atoms with Crippen LogP contribution in [0.4, 0.5) is 17.3 Å². The van der Waals surface area contributed by atoms with E-state index < -0.39 is 10.8 Å². The average Bonchev–Trinajstić information content (AvgIpc) is 3.28. The second-order valence-corrected chi connectivity index (χ2v) is 6.07. The lowest BCUT2D eigenvalue weighted by Gasteiger charge is -2.11. The third-order valence-electron chi connectivity index (χ3n) is 4.10. The number of hydrogen-bond donors (Lipinski definition) is 3. The highest BCUT2D eigenvalue weighted by atomic mass is 16.6. The van der Waals surface area contributed by atoms with Gasteiger partial charge in [0.15, 0.2) is 0 Å². The second kappa shape index (κ2) is 9.82. The number of nitrogens with one attached hydrogen (secondary N) is 3. The number of anilines is 2. The molecule has 0 spiro atoms. The summed E-state index contributed by atoms with van der Waals surface area (Å²) >= 11 is 0. The molecular weight excluding hydrogens is 392 g/mol. The highest BCUT2D eigenvalue weighted by Crippen LogP contribution is 2.28. The fraction of sp³-hybridized carbons (Fsp3) is 0.222. The average molecular weight is 412 g/mol. The minimum absolute atomic E-state index is 0.0572. The molecule has 2 aromatic heterocycles. The number of benzene rings is 1. The lowest BCUT2D eigenvalue weighted by Crippen LogP contribution is -2.30. The van der Waals surface area contributed by atoms with E-state index in [1.807, 2.05) is 10.8 Å². The summed E-state index contributed by atoms with van der Waals surface area (Å²) < 4.78 is 6.94. The molecule has 0 bridgehead atoms. The Labute approximate surface area is 171 Å². The van der Waals surface area contributed by atoms with Gasteiger partial charge in [0.1, 0.15) is 12.1 Å². The first kappa shape index (κ1) is 20.5. The number of ether oxygens (including phenoxy) is 1. The molecule has 3 N–H and O–H groups in total. The Morgan fingerprint density at radius 2 is 2.00 bits per heavy atom. The van der Waals surface area contributed by atoms with Crippen LogP contribution in [-0.2, 0) is 6.54 Å². The molecule has 0 saturated carbocycles. The number of methoxy groups -OCH3 is 1. The minimum atomic E-state index is -0.611. The Balaban J connectivity index is 1.62. The predicted octanol–water partition coefficient (Wildman–Crippen LogP) is 1.85. The number of aryl methyl sites for hydroxylation is 1. The van der Waals surface area contributed by atoms with Gasteiger partial charge in [-0.3, -0.25) is 25.8 Å². The maximum absolute atomic E-state index is 12.3. The monoisotopic (exact) mass is 412 g/mol. The Morgan fingerprint density at radius 3 is 2.67 bits per heavy atom. The summed E-state index contributed by atoms with van der Waals surface area (Å²) in [4.78, 5) is 35.0. The highest BCUT2D eigenvalue weighted by molar-refractivity contribution is 5.95. The Hall–Kier alpha value is -4.22. The molecule has 0 aliphatic rings. The summed E-state index contributed by atoms with van der Waals surface area (Å²) in [5.74, 6) is 0.0471. The highest BCUT2D eigenvalue weighted by Gasteiger charge is 2.23. The standard InChI is InChI=1S/C18H20N8O4/c1-30-14-5-3-13(4-6-14)18(27)24-23-17-15(26(28)29)16(21-11-22-17)20-7-2-9-25-10-8-19-12-25/h3-6,8,10-12H,2,7,9H2,1H3,(H,24,27)(H2,20,21,22,23). The normalized spacial score (nSPS) is 10.3. The Bertz CT molecular complexity index is 992. The number of imidazole rings is 1. The fourth-order valence-electron chi connectivity index (χ4n) is 2.59. The van der Waals surface area contributed by atoms with Crippen LogP contribution in [0.2, 0.25) is 0 Å². The Morgan fingerprint density at radius 1 is 1.23 bits per heavy atom. The second-order valence-electron chi connectivity index (χ2n) is 6.07. The van der Waals surface area contributed by atoms with Crippen LogP contribution in [-0.4, -0.2) is 44.0 Å². The van der Waals surface area contributed by atoms with E-state index in [1.54, 1.807) is 36.8 Å². The molecule has 1 amide bonds. The summed E-state index contributed by atoms with van der Waals surface area (Å²) in [5, 5.41) is 14.5. The predicted molar refractivity (Wildman–Crippen MR) is 108 cm³/mol. The minimum Gasteiger partial charge on any atom is -0.497 e. The van der Waals surface area contributed by atoms with Crippen molar-refractivity contribution in [3.05, 3.63) is 65.0 Å². The summed E-state index contributed by atoms with van der Waals surface area (Å²) in [7, 11) is 1.52. The molecule has 0 aliphatic heterocycles. The number of aromatic nitrogens is 4. The van der Waals surface area contributed by atoms with Crippen molar-refractivity contribution in [2.45, 2.75) is 13.0 Å². The largest absolute Gasteiger partial charge is 0.497 e. The number of hydrogen-bond acceptors (Lipinski definition) is 9. The molecule has 3 rings (SSSR count). The number of carbonyl (C=O) groups excluding carboxylic acids is 1. The van der Waals surface area contributed by atoms with Crippen LogP contribution in [0, 0.1) is 10.1 Å². The van der Waals surface area contributed by atoms with E-state index in [0.717, 1.165) is 0 Å². The maximum Gasteiger partial charge on any atom is 0.354 e. The van der Waals surface area contributed by atoms with Crippen LogP contribution < -0.4 is 20.9 Å². The molecule has 0 saturated heterocycles. The summed E-state index contributed by atoms with van der Waals surface area (Å²) in [5.41, 5.74) is 4.88. The number of hydrazine groups is 1. The first-order valence-electron chi connectivity index (χ1n) is 8.98. The fourth-order valence-corrected chi connectivity index (χ4v) is 2.59. The zero-order chi connectivity index (χ0) is 21.3. The summed E-state index contributed by atoms with van der Waals surface area (Å²) in [6.07, 6.45) is 7.09. The zero-order valence-corrected chi connectivity index (χ0v) is 16.1. The molecule has 156 valence electrons. The molecule has 2 heterocycles. The quantitative estimate of drug-likeness (QED) is 0.257. The molecular formula is C18H20N8O4. The van der Waals surface area contributed by atoms with Gasteiger partial charge >= 0.3 is 5.69 Å². The van der Waals surface area contributed by atoms with Crippen LogP contribution >= 0.6 is 0 Å². The van der Waals surface area contributed by atoms with E-state index in [0.29, 0.717) is 30.8 Å². The number of amides is 1.